The first-order chi connectivity index (χ1) is 11.7. The second-order valence-corrected chi connectivity index (χ2v) is 5.61. The fourth-order valence-corrected chi connectivity index (χ4v) is 2.77. The van der Waals surface area contributed by atoms with Crippen LogP contribution in [-0.2, 0) is 0 Å². The van der Waals surface area contributed by atoms with E-state index in [9.17, 15) is 0 Å². The van der Waals surface area contributed by atoms with Crippen molar-refractivity contribution in [2.24, 2.45) is 0 Å². The van der Waals surface area contributed by atoms with Gasteiger partial charge in [-0.15, -0.1) is 15.3 Å². The van der Waals surface area contributed by atoms with Gasteiger partial charge in [-0.3, -0.25) is 0 Å². The molecule has 0 bridgehead atoms. The zero-order valence-corrected chi connectivity index (χ0v) is 13.6. The van der Waals surface area contributed by atoms with Crippen LogP contribution in [-0.4, -0.2) is 63.1 Å². The number of nitrogens with zero attached hydrogens (tertiary/aromatic N) is 8. The molecule has 0 unspecified atom stereocenters. The third kappa shape index (κ3) is 2.57. The highest BCUT2D eigenvalue weighted by atomic mass is 16.5. The van der Waals surface area contributed by atoms with Crippen molar-refractivity contribution in [2.45, 2.75) is 6.92 Å². The molecule has 0 aromatic carbocycles. The monoisotopic (exact) mass is 326 g/mol. The van der Waals surface area contributed by atoms with Gasteiger partial charge < -0.3 is 14.5 Å². The third-order valence-corrected chi connectivity index (χ3v) is 4.14. The summed E-state index contributed by atoms with van der Waals surface area (Å²) in [6.45, 7) is 5.29. The Hall–Kier alpha value is -2.97. The molecule has 124 valence electrons. The van der Waals surface area contributed by atoms with Crippen LogP contribution in [0, 0.1) is 6.92 Å². The lowest BCUT2D eigenvalue weighted by Gasteiger charge is -2.35. The minimum atomic E-state index is 0.666. The van der Waals surface area contributed by atoms with Crippen molar-refractivity contribution in [3.05, 3.63) is 30.4 Å². The van der Waals surface area contributed by atoms with Gasteiger partial charge in [-0.25, -0.2) is 9.97 Å². The summed E-state index contributed by atoms with van der Waals surface area (Å²) < 4.78 is 6.87. The van der Waals surface area contributed by atoms with Gasteiger partial charge in [0, 0.05) is 26.2 Å². The molecule has 0 spiro atoms. The zero-order valence-electron chi connectivity index (χ0n) is 13.6. The third-order valence-electron chi connectivity index (χ3n) is 4.14. The Morgan fingerprint density at radius 3 is 2.38 bits per heavy atom. The predicted molar refractivity (Wildman–Crippen MR) is 88.5 cm³/mol. The Morgan fingerprint density at radius 2 is 1.67 bits per heavy atom. The molecular weight excluding hydrogens is 308 g/mol. The van der Waals surface area contributed by atoms with Crippen LogP contribution in [0.15, 0.2) is 24.5 Å². The van der Waals surface area contributed by atoms with E-state index in [1.54, 1.807) is 24.0 Å². The summed E-state index contributed by atoms with van der Waals surface area (Å²) in [4.78, 5) is 13.1. The Kier molecular flexibility index (Phi) is 3.60. The molecule has 0 radical (unpaired) electrons. The molecule has 3 aromatic heterocycles. The topological polar surface area (TPSA) is 84.6 Å². The lowest BCUT2D eigenvalue weighted by molar-refractivity contribution is 0.410. The van der Waals surface area contributed by atoms with Crippen LogP contribution >= 0.6 is 0 Å². The number of fused-ring (bicyclic) bond motifs is 1. The van der Waals surface area contributed by atoms with E-state index in [0.717, 1.165) is 49.4 Å². The molecule has 0 atom stereocenters. The lowest BCUT2D eigenvalue weighted by atomic mass is 10.3. The predicted octanol–water partition coefficient (Wildman–Crippen LogP) is 0.558. The van der Waals surface area contributed by atoms with E-state index < -0.39 is 0 Å². The first-order valence-corrected chi connectivity index (χ1v) is 7.79. The van der Waals surface area contributed by atoms with Crippen molar-refractivity contribution in [2.75, 3.05) is 43.1 Å². The standard InChI is InChI=1S/C15H18N8O/c1-11-18-19-13-3-4-14(20-23(11)13)21-5-7-22(8-6-21)15-16-9-12(24-2)10-17-15/h3-4,9-10H,5-8H2,1-2H3. The van der Waals surface area contributed by atoms with Crippen molar-refractivity contribution in [3.8, 4) is 5.75 Å². The molecule has 1 aliphatic rings. The van der Waals surface area contributed by atoms with Gasteiger partial charge in [0.2, 0.25) is 5.95 Å². The van der Waals surface area contributed by atoms with Gasteiger partial charge in [-0.1, -0.05) is 0 Å². The maximum absolute atomic E-state index is 5.10. The molecule has 1 saturated heterocycles. The van der Waals surface area contributed by atoms with Crippen LogP contribution in [0.2, 0.25) is 0 Å². The number of aryl methyl sites for hydroxylation is 1. The SMILES string of the molecule is COc1cnc(N2CCN(c3ccc4nnc(C)n4n3)CC2)nc1. The van der Waals surface area contributed by atoms with E-state index in [1.807, 2.05) is 19.1 Å². The van der Waals surface area contributed by atoms with Gasteiger partial charge in [0.25, 0.3) is 0 Å². The molecule has 3 aromatic rings. The molecule has 24 heavy (non-hydrogen) atoms. The van der Waals surface area contributed by atoms with Crippen LogP contribution in [0.4, 0.5) is 11.8 Å². The van der Waals surface area contributed by atoms with Crippen molar-refractivity contribution in [3.63, 3.8) is 0 Å². The van der Waals surface area contributed by atoms with Crippen LogP contribution < -0.4 is 14.5 Å². The molecule has 0 aliphatic carbocycles. The van der Waals surface area contributed by atoms with E-state index in [2.05, 4.69) is 35.1 Å². The number of piperazine rings is 1. The van der Waals surface area contributed by atoms with E-state index >= 15 is 0 Å². The quantitative estimate of drug-likeness (QED) is 0.690. The van der Waals surface area contributed by atoms with Crippen molar-refractivity contribution >= 4 is 17.4 Å². The molecule has 0 amide bonds. The van der Waals surface area contributed by atoms with Gasteiger partial charge in [0.15, 0.2) is 17.2 Å². The molecule has 0 N–H and O–H groups in total. The van der Waals surface area contributed by atoms with Crippen molar-refractivity contribution in [1.29, 1.82) is 0 Å². The second-order valence-electron chi connectivity index (χ2n) is 5.61. The summed E-state index contributed by atoms with van der Waals surface area (Å²) in [7, 11) is 1.61. The highest BCUT2D eigenvalue weighted by Gasteiger charge is 2.20. The maximum atomic E-state index is 5.10. The highest BCUT2D eigenvalue weighted by molar-refractivity contribution is 5.47. The molecule has 9 heteroatoms. The number of anilines is 2. The second kappa shape index (κ2) is 5.91. The lowest BCUT2D eigenvalue weighted by Crippen LogP contribution is -2.47. The molecule has 1 aliphatic heterocycles. The number of hydrogen-bond acceptors (Lipinski definition) is 8. The van der Waals surface area contributed by atoms with Crippen molar-refractivity contribution in [1.82, 2.24) is 29.8 Å². The normalized spacial score (nSPS) is 15.1. The Morgan fingerprint density at radius 1 is 0.958 bits per heavy atom. The number of ether oxygens (including phenoxy) is 1. The van der Waals surface area contributed by atoms with E-state index in [1.165, 1.54) is 0 Å². The van der Waals surface area contributed by atoms with Gasteiger partial charge in [-0.2, -0.15) is 4.52 Å². The molecule has 4 rings (SSSR count). The van der Waals surface area contributed by atoms with E-state index in [4.69, 9.17) is 4.74 Å². The summed E-state index contributed by atoms with van der Waals surface area (Å²) in [6.07, 6.45) is 3.39. The van der Waals surface area contributed by atoms with Crippen LogP contribution in [0.5, 0.6) is 5.75 Å². The summed E-state index contributed by atoms with van der Waals surface area (Å²) in [5, 5.41) is 12.7. The van der Waals surface area contributed by atoms with E-state index in [-0.39, 0.29) is 0 Å². The van der Waals surface area contributed by atoms with E-state index in [0.29, 0.717) is 5.75 Å². The minimum absolute atomic E-state index is 0.666. The average molecular weight is 326 g/mol. The van der Waals surface area contributed by atoms with Crippen LogP contribution in [0.1, 0.15) is 5.82 Å². The fourth-order valence-electron chi connectivity index (χ4n) is 2.77. The first kappa shape index (κ1) is 14.6. The fraction of sp³-hybridized carbons (Fsp3) is 0.400. The van der Waals surface area contributed by atoms with Crippen LogP contribution in [0.25, 0.3) is 5.65 Å². The summed E-state index contributed by atoms with van der Waals surface area (Å²) >= 11 is 0. The Labute approximate surface area is 138 Å². The molecular formula is C15H18N8O. The maximum Gasteiger partial charge on any atom is 0.225 e. The van der Waals surface area contributed by atoms with Gasteiger partial charge in [-0.05, 0) is 19.1 Å². The molecule has 9 nitrogen and oxygen atoms in total. The number of aromatic nitrogens is 6. The number of methoxy groups -OCH3 is 1. The Balaban J connectivity index is 1.47. The number of hydrogen-bond donors (Lipinski definition) is 0. The molecule has 0 saturated carbocycles. The van der Waals surface area contributed by atoms with Gasteiger partial charge in [0.05, 0.1) is 19.5 Å². The first-order valence-electron chi connectivity index (χ1n) is 7.79. The number of rotatable bonds is 3. The van der Waals surface area contributed by atoms with Gasteiger partial charge in [0.1, 0.15) is 5.82 Å². The Bertz CT molecular complexity index is 838. The molecule has 4 heterocycles. The largest absolute Gasteiger partial charge is 0.494 e. The smallest absolute Gasteiger partial charge is 0.225 e. The van der Waals surface area contributed by atoms with Crippen LogP contribution in [0.3, 0.4) is 0 Å². The van der Waals surface area contributed by atoms with Crippen molar-refractivity contribution < 1.29 is 4.74 Å². The average Bonchev–Trinajstić information content (AvgIpc) is 3.02. The summed E-state index contributed by atoms with van der Waals surface area (Å²) in [5.41, 5.74) is 0.765. The molecule has 1 fully saturated rings. The zero-order chi connectivity index (χ0) is 16.5. The van der Waals surface area contributed by atoms with Gasteiger partial charge >= 0.3 is 0 Å². The summed E-state index contributed by atoms with van der Waals surface area (Å²) in [5.74, 6) is 3.12. The summed E-state index contributed by atoms with van der Waals surface area (Å²) in [6, 6.07) is 3.93. The minimum Gasteiger partial charge on any atom is -0.494 e. The highest BCUT2D eigenvalue weighted by Crippen LogP contribution is 2.18.